The minimum absolute atomic E-state index is 0.0439. The number of hydrogen-bond donors (Lipinski definition) is 2. The van der Waals surface area contributed by atoms with Crippen molar-refractivity contribution >= 4 is 28.6 Å². The van der Waals surface area contributed by atoms with Crippen LogP contribution in [0.25, 0.3) is 11.1 Å². The van der Waals surface area contributed by atoms with E-state index in [0.29, 0.717) is 42.6 Å². The summed E-state index contributed by atoms with van der Waals surface area (Å²) in [6.45, 7) is 1.80. The molecule has 2 aliphatic heterocycles. The van der Waals surface area contributed by atoms with Gasteiger partial charge < -0.3 is 24.6 Å². The van der Waals surface area contributed by atoms with E-state index in [2.05, 4.69) is 15.5 Å². The average molecular weight is 404 g/mol. The molecule has 3 aromatic rings. The van der Waals surface area contributed by atoms with Crippen LogP contribution in [0.3, 0.4) is 0 Å². The summed E-state index contributed by atoms with van der Waals surface area (Å²) in [4.78, 5) is 20.3. The van der Waals surface area contributed by atoms with E-state index >= 15 is 0 Å². The van der Waals surface area contributed by atoms with Crippen LogP contribution in [0, 0.1) is 5.92 Å². The van der Waals surface area contributed by atoms with Crippen LogP contribution < -0.4 is 15.0 Å². The van der Waals surface area contributed by atoms with Gasteiger partial charge in [0.05, 0.1) is 11.6 Å². The first kappa shape index (κ1) is 17.5. The molecular weight excluding hydrogens is 384 g/mol. The summed E-state index contributed by atoms with van der Waals surface area (Å²) < 4.78 is 12.2. The van der Waals surface area contributed by atoms with E-state index in [1.54, 1.807) is 0 Å². The first-order valence-corrected chi connectivity index (χ1v) is 10.1. The van der Waals surface area contributed by atoms with E-state index in [1.165, 1.54) is 0 Å². The molecule has 1 aromatic heterocycles. The quantitative estimate of drug-likeness (QED) is 0.510. The summed E-state index contributed by atoms with van der Waals surface area (Å²) in [6, 6.07) is 14.9. The number of Topliss-reactive ketones (excluding diaryl/α,β-unsaturated/α-hetero) is 1. The molecule has 8 heteroatoms. The van der Waals surface area contributed by atoms with Gasteiger partial charge in [-0.3, -0.25) is 4.79 Å². The third-order valence-electron chi connectivity index (χ3n) is 6.29. The van der Waals surface area contributed by atoms with Crippen molar-refractivity contribution in [2.75, 3.05) is 24.5 Å². The topological polar surface area (TPSA) is 100 Å². The van der Waals surface area contributed by atoms with Crippen LogP contribution in [0.2, 0.25) is 0 Å². The maximum atomic E-state index is 13.8. The second-order valence-corrected chi connectivity index (χ2v) is 7.97. The van der Waals surface area contributed by atoms with Gasteiger partial charge in [-0.05, 0) is 24.3 Å². The number of ketones is 1. The molecule has 3 aliphatic rings. The highest BCUT2D eigenvalue weighted by Crippen LogP contribution is 2.55. The van der Waals surface area contributed by atoms with Crippen molar-refractivity contribution in [3.63, 3.8) is 0 Å². The zero-order valence-electron chi connectivity index (χ0n) is 16.1. The minimum atomic E-state index is -1.01. The Hall–Kier alpha value is -3.39. The van der Waals surface area contributed by atoms with Gasteiger partial charge in [-0.1, -0.05) is 29.4 Å². The Balaban J connectivity index is 1.36. The zero-order chi connectivity index (χ0) is 20.3. The first-order valence-electron chi connectivity index (χ1n) is 10.1. The monoisotopic (exact) mass is 404 g/mol. The smallest absolute Gasteiger partial charge is 0.299 e. The fourth-order valence-corrected chi connectivity index (χ4v) is 4.70. The van der Waals surface area contributed by atoms with Gasteiger partial charge >= 0.3 is 0 Å². The molecule has 1 saturated heterocycles. The normalized spacial score (nSPS) is 28.7. The number of hydrogen-bond acceptors (Lipinski definition) is 8. The van der Waals surface area contributed by atoms with E-state index in [1.807, 2.05) is 53.4 Å². The van der Waals surface area contributed by atoms with Crippen molar-refractivity contribution in [3.8, 4) is 5.75 Å². The molecule has 2 N–H and O–H groups in total. The van der Waals surface area contributed by atoms with Gasteiger partial charge in [0.2, 0.25) is 5.78 Å². The predicted octanol–water partition coefficient (Wildman–Crippen LogP) is 2.20. The average Bonchev–Trinajstić information content (AvgIpc) is 3.37. The number of fused-ring (bicyclic) bond motifs is 3. The van der Waals surface area contributed by atoms with Gasteiger partial charge in [0, 0.05) is 31.6 Å². The number of oxazole rings is 1. The molecule has 2 aromatic carbocycles. The number of anilines is 1. The number of piperazine rings is 1. The van der Waals surface area contributed by atoms with Crippen LogP contribution in [-0.4, -0.2) is 53.0 Å². The third-order valence-corrected chi connectivity index (χ3v) is 6.29. The Morgan fingerprint density at radius 2 is 2.07 bits per heavy atom. The van der Waals surface area contributed by atoms with Crippen molar-refractivity contribution in [1.29, 1.82) is 0 Å². The SMILES string of the molecule is O=C(C1CNCCN1c1nc2ccccc2o1)C12CC1C(=NO)c1ccccc1O2. The standard InChI is InChI=1S/C22H20N4O4/c27-20(22-11-14(22)19(25-28)13-5-1-3-7-17(13)30-22)16-12-23-9-10-26(16)21-24-15-6-2-4-8-18(15)29-21/h1-8,14,16,23,28H,9-12H2. The molecule has 30 heavy (non-hydrogen) atoms. The highest BCUT2D eigenvalue weighted by molar-refractivity contribution is 6.14. The van der Waals surface area contributed by atoms with Crippen LogP contribution in [0.15, 0.2) is 58.1 Å². The van der Waals surface area contributed by atoms with Crippen molar-refractivity contribution in [2.45, 2.75) is 18.1 Å². The van der Waals surface area contributed by atoms with Crippen molar-refractivity contribution in [2.24, 2.45) is 11.1 Å². The van der Waals surface area contributed by atoms with E-state index in [9.17, 15) is 10.0 Å². The van der Waals surface area contributed by atoms with Crippen LogP contribution >= 0.6 is 0 Å². The summed E-state index contributed by atoms with van der Waals surface area (Å²) in [7, 11) is 0. The van der Waals surface area contributed by atoms with Crippen molar-refractivity contribution < 1.29 is 19.2 Å². The molecule has 0 bridgehead atoms. The maximum Gasteiger partial charge on any atom is 0.299 e. The third kappa shape index (κ3) is 2.40. The number of carbonyl (C=O) groups excluding carboxylic acids is 1. The number of carbonyl (C=O) groups is 1. The van der Waals surface area contributed by atoms with E-state index in [-0.39, 0.29) is 11.7 Å². The first-order chi connectivity index (χ1) is 14.7. The molecule has 0 spiro atoms. The lowest BCUT2D eigenvalue weighted by molar-refractivity contribution is -0.129. The lowest BCUT2D eigenvalue weighted by Crippen LogP contribution is -2.59. The number of nitrogens with one attached hydrogen (secondary N) is 1. The molecule has 3 unspecified atom stereocenters. The lowest BCUT2D eigenvalue weighted by atomic mass is 9.94. The Morgan fingerprint density at radius 3 is 2.93 bits per heavy atom. The molecule has 2 fully saturated rings. The van der Waals surface area contributed by atoms with Gasteiger partial charge in [0.25, 0.3) is 6.01 Å². The number of para-hydroxylation sites is 3. The number of oxime groups is 1. The molecule has 152 valence electrons. The molecule has 6 rings (SSSR count). The molecule has 3 atom stereocenters. The van der Waals surface area contributed by atoms with E-state index < -0.39 is 11.6 Å². The number of aromatic nitrogens is 1. The van der Waals surface area contributed by atoms with Crippen LogP contribution in [0.1, 0.15) is 12.0 Å². The Kier molecular flexibility index (Phi) is 3.67. The number of rotatable bonds is 3. The van der Waals surface area contributed by atoms with Crippen LogP contribution in [0.4, 0.5) is 6.01 Å². The van der Waals surface area contributed by atoms with E-state index in [4.69, 9.17) is 9.15 Å². The fourth-order valence-electron chi connectivity index (χ4n) is 4.70. The van der Waals surface area contributed by atoms with Gasteiger partial charge in [0.1, 0.15) is 17.3 Å². The van der Waals surface area contributed by atoms with Gasteiger partial charge in [-0.15, -0.1) is 0 Å². The second-order valence-electron chi connectivity index (χ2n) is 7.97. The lowest BCUT2D eigenvalue weighted by Gasteiger charge is -2.37. The molecule has 0 amide bonds. The highest BCUT2D eigenvalue weighted by atomic mass is 16.5. The number of benzene rings is 2. The number of ether oxygens (including phenoxy) is 1. The molecular formula is C22H20N4O4. The molecule has 8 nitrogen and oxygen atoms in total. The molecule has 0 radical (unpaired) electrons. The summed E-state index contributed by atoms with van der Waals surface area (Å²) in [6.07, 6.45) is 0.498. The summed E-state index contributed by atoms with van der Waals surface area (Å²) in [5, 5.41) is 16.4. The van der Waals surface area contributed by atoms with Gasteiger partial charge in [0.15, 0.2) is 11.2 Å². The second kappa shape index (κ2) is 6.30. The Morgan fingerprint density at radius 1 is 1.23 bits per heavy atom. The van der Waals surface area contributed by atoms with E-state index in [0.717, 1.165) is 17.6 Å². The maximum absolute atomic E-state index is 13.8. The fraction of sp³-hybridized carbons (Fsp3) is 0.318. The van der Waals surface area contributed by atoms with Crippen molar-refractivity contribution in [3.05, 3.63) is 54.1 Å². The molecule has 3 heterocycles. The van der Waals surface area contributed by atoms with Gasteiger partial charge in [-0.25, -0.2) is 0 Å². The highest BCUT2D eigenvalue weighted by Gasteiger charge is 2.69. The molecule has 1 saturated carbocycles. The van der Waals surface area contributed by atoms with Crippen LogP contribution in [0.5, 0.6) is 5.75 Å². The van der Waals surface area contributed by atoms with Crippen LogP contribution in [-0.2, 0) is 4.79 Å². The minimum Gasteiger partial charge on any atom is -0.478 e. The number of nitrogens with zero attached hydrogens (tertiary/aromatic N) is 3. The zero-order valence-corrected chi connectivity index (χ0v) is 16.1. The summed E-state index contributed by atoms with van der Waals surface area (Å²) >= 11 is 0. The molecule has 1 aliphatic carbocycles. The largest absolute Gasteiger partial charge is 0.478 e. The Bertz CT molecular complexity index is 1160. The summed E-state index contributed by atoms with van der Waals surface area (Å²) in [5.74, 6) is 0.277. The summed E-state index contributed by atoms with van der Waals surface area (Å²) in [5.41, 5.74) is 1.70. The predicted molar refractivity (Wildman–Crippen MR) is 109 cm³/mol. The van der Waals surface area contributed by atoms with Gasteiger partial charge in [-0.2, -0.15) is 4.98 Å². The Labute approximate surface area is 172 Å². The van der Waals surface area contributed by atoms with Crippen molar-refractivity contribution in [1.82, 2.24) is 10.3 Å².